The molecule has 0 spiro atoms. The zero-order valence-electron chi connectivity index (χ0n) is 17.8. The largest absolute Gasteiger partial charge is 0.481 e. The maximum absolute atomic E-state index is 12.6. The first-order valence-electron chi connectivity index (χ1n) is 9.65. The van der Waals surface area contributed by atoms with Gasteiger partial charge < -0.3 is 31.9 Å². The van der Waals surface area contributed by atoms with Gasteiger partial charge in [0.1, 0.15) is 18.1 Å². The van der Waals surface area contributed by atoms with E-state index in [-0.39, 0.29) is 30.9 Å². The minimum Gasteiger partial charge on any atom is -0.481 e. The van der Waals surface area contributed by atoms with Gasteiger partial charge in [0.15, 0.2) is 0 Å². The Hall–Kier alpha value is -1.99. The van der Waals surface area contributed by atoms with Crippen LogP contribution in [0.25, 0.3) is 0 Å². The predicted octanol–water partition coefficient (Wildman–Crippen LogP) is -0.944. The molecule has 7 N–H and O–H groups in total. The van der Waals surface area contributed by atoms with Crippen LogP contribution in [0.3, 0.4) is 0 Å². The summed E-state index contributed by atoms with van der Waals surface area (Å²) in [7, 11) is 0. The summed E-state index contributed by atoms with van der Waals surface area (Å²) in [5.74, 6) is -4.27. The second-order valence-electron chi connectivity index (χ2n) is 7.19. The molecule has 0 aromatic carbocycles. The number of thiol groups is 1. The van der Waals surface area contributed by atoms with Crippen molar-refractivity contribution in [2.75, 3.05) is 17.8 Å². The smallest absolute Gasteiger partial charge is 0.326 e. The zero-order valence-corrected chi connectivity index (χ0v) is 19.5. The molecular formula is C18H32N4O7S2. The molecule has 0 radical (unpaired) electrons. The molecule has 0 heterocycles. The van der Waals surface area contributed by atoms with Crippen LogP contribution in [-0.2, 0) is 24.0 Å². The second-order valence-corrected chi connectivity index (χ2v) is 8.54. The SMILES string of the molecule is CSCCC(NC(=O)C(NC(=O)C(CS)NC(=O)C(N)CCC(=O)O)C(C)C)C(=O)O. The standard InChI is InChI=1S/C18H32N4O7S2/c1-9(2)14(17(27)20-11(18(28)29)6-7-31-3)22-16(26)12(8-30)21-15(25)10(19)4-5-13(23)24/h9-12,14,30H,4-8,19H2,1-3H3,(H,20,27)(H,21,25)(H,22,26)(H,23,24)(H,28,29). The maximum atomic E-state index is 12.6. The minimum absolute atomic E-state index is 0.0961. The molecule has 0 aromatic heterocycles. The topological polar surface area (TPSA) is 188 Å². The first-order chi connectivity index (χ1) is 14.4. The van der Waals surface area contributed by atoms with Crippen LogP contribution in [0.15, 0.2) is 0 Å². The fourth-order valence-corrected chi connectivity index (χ4v) is 3.15. The summed E-state index contributed by atoms with van der Waals surface area (Å²) in [6.45, 7) is 3.36. The fourth-order valence-electron chi connectivity index (χ4n) is 2.43. The lowest BCUT2D eigenvalue weighted by atomic mass is 10.0. The van der Waals surface area contributed by atoms with E-state index in [0.29, 0.717) is 5.75 Å². The van der Waals surface area contributed by atoms with Crippen molar-refractivity contribution in [2.24, 2.45) is 11.7 Å². The third-order valence-electron chi connectivity index (χ3n) is 4.29. The molecule has 0 aliphatic carbocycles. The predicted molar refractivity (Wildman–Crippen MR) is 120 cm³/mol. The first-order valence-corrected chi connectivity index (χ1v) is 11.7. The number of carbonyl (C=O) groups excluding carboxylic acids is 3. The maximum Gasteiger partial charge on any atom is 0.326 e. The number of rotatable bonds is 15. The molecule has 0 saturated carbocycles. The molecule has 0 fully saturated rings. The summed E-state index contributed by atoms with van der Waals surface area (Å²) in [6, 6.07) is -4.37. The van der Waals surface area contributed by atoms with E-state index in [1.54, 1.807) is 13.8 Å². The van der Waals surface area contributed by atoms with E-state index in [2.05, 4.69) is 28.6 Å². The summed E-state index contributed by atoms with van der Waals surface area (Å²) in [5, 5.41) is 25.3. The van der Waals surface area contributed by atoms with Gasteiger partial charge in [-0.3, -0.25) is 19.2 Å². The average molecular weight is 481 g/mol. The Morgan fingerprint density at radius 3 is 1.97 bits per heavy atom. The van der Waals surface area contributed by atoms with Crippen molar-refractivity contribution in [2.45, 2.75) is 57.3 Å². The van der Waals surface area contributed by atoms with E-state index in [0.717, 1.165) is 0 Å². The van der Waals surface area contributed by atoms with Crippen LogP contribution in [0.2, 0.25) is 0 Å². The third kappa shape index (κ3) is 11.3. The number of carbonyl (C=O) groups is 5. The van der Waals surface area contributed by atoms with Gasteiger partial charge in [-0.05, 0) is 30.8 Å². The van der Waals surface area contributed by atoms with E-state index in [1.807, 2.05) is 6.26 Å². The number of aliphatic carboxylic acids is 2. The monoisotopic (exact) mass is 480 g/mol. The van der Waals surface area contributed by atoms with E-state index in [9.17, 15) is 29.1 Å². The molecule has 178 valence electrons. The van der Waals surface area contributed by atoms with Gasteiger partial charge in [-0.25, -0.2) is 4.79 Å². The summed E-state index contributed by atoms with van der Waals surface area (Å²) < 4.78 is 0. The van der Waals surface area contributed by atoms with Crippen LogP contribution >= 0.6 is 24.4 Å². The second kappa shape index (κ2) is 14.9. The molecule has 0 aromatic rings. The van der Waals surface area contributed by atoms with Crippen molar-refractivity contribution < 1.29 is 34.2 Å². The number of nitrogens with two attached hydrogens (primary N) is 1. The quantitative estimate of drug-likeness (QED) is 0.145. The molecule has 13 heteroatoms. The fraction of sp³-hybridized carbons (Fsp3) is 0.722. The molecule has 31 heavy (non-hydrogen) atoms. The van der Waals surface area contributed by atoms with Crippen LogP contribution in [0.4, 0.5) is 0 Å². The van der Waals surface area contributed by atoms with Crippen LogP contribution < -0.4 is 21.7 Å². The molecule has 4 unspecified atom stereocenters. The van der Waals surface area contributed by atoms with Crippen molar-refractivity contribution in [3.63, 3.8) is 0 Å². The number of hydrogen-bond acceptors (Lipinski definition) is 8. The van der Waals surface area contributed by atoms with Gasteiger partial charge in [-0.2, -0.15) is 24.4 Å². The normalized spacial score (nSPS) is 14.8. The Kier molecular flexibility index (Phi) is 14.0. The van der Waals surface area contributed by atoms with E-state index in [1.165, 1.54) is 11.8 Å². The van der Waals surface area contributed by atoms with Crippen molar-refractivity contribution >= 4 is 54.1 Å². The first kappa shape index (κ1) is 29.0. The molecule has 0 saturated heterocycles. The molecule has 4 atom stereocenters. The molecule has 3 amide bonds. The van der Waals surface area contributed by atoms with Gasteiger partial charge in [-0.1, -0.05) is 13.8 Å². The Morgan fingerprint density at radius 2 is 1.52 bits per heavy atom. The van der Waals surface area contributed by atoms with Gasteiger partial charge in [0.25, 0.3) is 0 Å². The van der Waals surface area contributed by atoms with Gasteiger partial charge in [0, 0.05) is 12.2 Å². The van der Waals surface area contributed by atoms with Crippen molar-refractivity contribution in [1.29, 1.82) is 0 Å². The molecule has 0 rings (SSSR count). The summed E-state index contributed by atoms with van der Waals surface area (Å²) >= 11 is 5.48. The third-order valence-corrected chi connectivity index (χ3v) is 5.30. The Balaban J connectivity index is 5.10. The van der Waals surface area contributed by atoms with Crippen LogP contribution in [0, 0.1) is 5.92 Å². The number of amides is 3. The van der Waals surface area contributed by atoms with Crippen LogP contribution in [0.5, 0.6) is 0 Å². The lowest BCUT2D eigenvalue weighted by Crippen LogP contribution is -2.59. The molecule has 0 bridgehead atoms. The number of thioether (sulfide) groups is 1. The van der Waals surface area contributed by atoms with E-state index in [4.69, 9.17) is 10.8 Å². The van der Waals surface area contributed by atoms with Crippen molar-refractivity contribution in [3.05, 3.63) is 0 Å². The summed E-state index contributed by atoms with van der Waals surface area (Å²) in [4.78, 5) is 59.3. The number of hydrogen-bond donors (Lipinski definition) is 7. The van der Waals surface area contributed by atoms with E-state index < -0.39 is 53.8 Å². The van der Waals surface area contributed by atoms with Gasteiger partial charge >= 0.3 is 11.9 Å². The highest BCUT2D eigenvalue weighted by Crippen LogP contribution is 2.07. The Bertz CT molecular complexity index is 648. The minimum atomic E-state index is -1.17. The highest BCUT2D eigenvalue weighted by Gasteiger charge is 2.31. The zero-order chi connectivity index (χ0) is 24.1. The molecule has 0 aliphatic rings. The summed E-state index contributed by atoms with van der Waals surface area (Å²) in [6.07, 6.45) is 1.64. The molecule has 11 nitrogen and oxygen atoms in total. The highest BCUT2D eigenvalue weighted by molar-refractivity contribution is 7.98. The average Bonchev–Trinajstić information content (AvgIpc) is 2.70. The summed E-state index contributed by atoms with van der Waals surface area (Å²) in [5.41, 5.74) is 5.64. The number of carboxylic acid groups (broad SMARTS) is 2. The lowest BCUT2D eigenvalue weighted by Gasteiger charge is -2.26. The molecule has 0 aliphatic heterocycles. The van der Waals surface area contributed by atoms with Crippen molar-refractivity contribution in [1.82, 2.24) is 16.0 Å². The van der Waals surface area contributed by atoms with Crippen LogP contribution in [0.1, 0.15) is 33.1 Å². The van der Waals surface area contributed by atoms with Gasteiger partial charge in [0.2, 0.25) is 17.7 Å². The van der Waals surface area contributed by atoms with Gasteiger partial charge in [0.05, 0.1) is 6.04 Å². The lowest BCUT2D eigenvalue weighted by molar-refractivity contribution is -0.142. The number of nitrogens with one attached hydrogen (secondary N) is 3. The Morgan fingerprint density at radius 1 is 0.935 bits per heavy atom. The highest BCUT2D eigenvalue weighted by atomic mass is 32.2. The van der Waals surface area contributed by atoms with E-state index >= 15 is 0 Å². The van der Waals surface area contributed by atoms with Gasteiger partial charge in [-0.15, -0.1) is 0 Å². The molecular weight excluding hydrogens is 448 g/mol. The number of carboxylic acids is 2. The van der Waals surface area contributed by atoms with Crippen LogP contribution in [-0.4, -0.2) is 81.8 Å². The van der Waals surface area contributed by atoms with Crippen molar-refractivity contribution in [3.8, 4) is 0 Å². The Labute approximate surface area is 191 Å².